The largest absolute Gasteiger partial charge is 0.365 e. The fourth-order valence-electron chi connectivity index (χ4n) is 3.71. The van der Waals surface area contributed by atoms with E-state index >= 15 is 0 Å². The van der Waals surface area contributed by atoms with E-state index in [-0.39, 0.29) is 18.2 Å². The Hall–Kier alpha value is -2.72. The number of aromatic nitrogens is 2. The number of para-hydroxylation sites is 2. The van der Waals surface area contributed by atoms with Gasteiger partial charge in [-0.05, 0) is 37.0 Å². The van der Waals surface area contributed by atoms with E-state index in [2.05, 4.69) is 10.3 Å². The average Bonchev–Trinajstić information content (AvgIpc) is 3.27. The molecule has 152 valence electrons. The predicted octanol–water partition coefficient (Wildman–Crippen LogP) is 1.87. The molecule has 2 aromatic heterocycles. The molecule has 1 aliphatic carbocycles. The highest BCUT2D eigenvalue weighted by Crippen LogP contribution is 2.38. The van der Waals surface area contributed by atoms with Crippen LogP contribution in [0.4, 0.5) is 5.00 Å². The standard InChI is InChI=1S/C19H20N4O4S2/c1-29(26,27)10-15-21-12-6-2-3-7-13(12)23(15)9-16(24)22-19-17(18(20)25)11-5-4-8-14(11)28-19/h2-3,6-7H,4-5,8-10H2,1H3,(H2,20,25)(H,22,24). The number of hydrogen-bond acceptors (Lipinski definition) is 6. The topological polar surface area (TPSA) is 124 Å². The number of fused-ring (bicyclic) bond motifs is 2. The second-order valence-corrected chi connectivity index (χ2v) is 10.4. The minimum Gasteiger partial charge on any atom is -0.365 e. The zero-order chi connectivity index (χ0) is 20.8. The predicted molar refractivity (Wildman–Crippen MR) is 112 cm³/mol. The van der Waals surface area contributed by atoms with Crippen molar-refractivity contribution < 1.29 is 18.0 Å². The molecular weight excluding hydrogens is 412 g/mol. The van der Waals surface area contributed by atoms with Crippen LogP contribution in [0.5, 0.6) is 0 Å². The number of benzene rings is 1. The number of primary amides is 1. The van der Waals surface area contributed by atoms with E-state index in [1.807, 2.05) is 0 Å². The quantitative estimate of drug-likeness (QED) is 0.615. The molecule has 1 aliphatic rings. The molecule has 3 N–H and O–H groups in total. The van der Waals surface area contributed by atoms with E-state index in [1.165, 1.54) is 11.3 Å². The molecule has 0 unspecified atom stereocenters. The van der Waals surface area contributed by atoms with E-state index in [9.17, 15) is 18.0 Å². The van der Waals surface area contributed by atoms with E-state index in [4.69, 9.17) is 5.73 Å². The van der Waals surface area contributed by atoms with Gasteiger partial charge < -0.3 is 15.6 Å². The van der Waals surface area contributed by atoms with Gasteiger partial charge in [0.25, 0.3) is 5.91 Å². The molecule has 0 fully saturated rings. The Bertz CT molecular complexity index is 1240. The highest BCUT2D eigenvalue weighted by atomic mass is 32.2. The molecule has 4 rings (SSSR count). The molecule has 0 saturated heterocycles. The van der Waals surface area contributed by atoms with Crippen molar-refractivity contribution >= 4 is 49.0 Å². The van der Waals surface area contributed by atoms with Gasteiger partial charge in [0.1, 0.15) is 23.1 Å². The Morgan fingerprint density at radius 3 is 2.76 bits per heavy atom. The molecule has 2 amide bonds. The lowest BCUT2D eigenvalue weighted by Gasteiger charge is -2.10. The number of imidazole rings is 1. The van der Waals surface area contributed by atoms with Crippen LogP contribution in [0.25, 0.3) is 11.0 Å². The summed E-state index contributed by atoms with van der Waals surface area (Å²) < 4.78 is 25.2. The second kappa shape index (κ2) is 7.27. The Morgan fingerprint density at radius 1 is 1.28 bits per heavy atom. The number of carbonyl (C=O) groups is 2. The first-order valence-corrected chi connectivity index (χ1v) is 12.0. The third kappa shape index (κ3) is 3.90. The van der Waals surface area contributed by atoms with Crippen molar-refractivity contribution in [1.82, 2.24) is 9.55 Å². The van der Waals surface area contributed by atoms with Crippen molar-refractivity contribution in [2.45, 2.75) is 31.6 Å². The Labute approximate surface area is 171 Å². The lowest BCUT2D eigenvalue weighted by atomic mass is 10.1. The first-order valence-electron chi connectivity index (χ1n) is 9.09. The number of nitrogens with two attached hydrogens (primary N) is 1. The molecule has 8 nitrogen and oxygen atoms in total. The van der Waals surface area contributed by atoms with Crippen molar-refractivity contribution in [3.05, 3.63) is 46.1 Å². The summed E-state index contributed by atoms with van der Waals surface area (Å²) in [5.74, 6) is -0.891. The van der Waals surface area contributed by atoms with Gasteiger partial charge in [-0.2, -0.15) is 0 Å². The fraction of sp³-hybridized carbons (Fsp3) is 0.316. The number of carbonyl (C=O) groups excluding carboxylic acids is 2. The molecule has 0 bridgehead atoms. The Morgan fingerprint density at radius 2 is 2.03 bits per heavy atom. The van der Waals surface area contributed by atoms with E-state index in [0.29, 0.717) is 27.4 Å². The van der Waals surface area contributed by atoms with Crippen molar-refractivity contribution in [3.8, 4) is 0 Å². The van der Waals surface area contributed by atoms with Crippen LogP contribution in [-0.4, -0.2) is 36.0 Å². The summed E-state index contributed by atoms with van der Waals surface area (Å²) in [6.07, 6.45) is 3.76. The number of nitrogens with one attached hydrogen (secondary N) is 1. The average molecular weight is 433 g/mol. The third-order valence-corrected chi connectivity index (χ3v) is 6.84. The maximum absolute atomic E-state index is 12.8. The minimum absolute atomic E-state index is 0.119. The van der Waals surface area contributed by atoms with Crippen LogP contribution in [0.3, 0.4) is 0 Å². The summed E-state index contributed by atoms with van der Waals surface area (Å²) in [7, 11) is -3.33. The van der Waals surface area contributed by atoms with Crippen LogP contribution in [0.15, 0.2) is 24.3 Å². The van der Waals surface area contributed by atoms with Gasteiger partial charge in [0.15, 0.2) is 9.84 Å². The number of sulfone groups is 1. The number of anilines is 1. The van der Waals surface area contributed by atoms with Crippen LogP contribution in [0.2, 0.25) is 0 Å². The number of aryl methyl sites for hydroxylation is 1. The summed E-state index contributed by atoms with van der Waals surface area (Å²) in [5.41, 5.74) is 8.16. The molecule has 0 atom stereocenters. The molecule has 1 aromatic carbocycles. The van der Waals surface area contributed by atoms with Crippen LogP contribution in [0, 0.1) is 0 Å². The molecule has 0 aliphatic heterocycles. The maximum Gasteiger partial charge on any atom is 0.251 e. The van der Waals surface area contributed by atoms with Crippen LogP contribution in [-0.2, 0) is 39.8 Å². The Kier molecular flexibility index (Phi) is 4.91. The third-order valence-electron chi connectivity index (χ3n) is 4.85. The molecule has 2 heterocycles. The highest BCUT2D eigenvalue weighted by Gasteiger charge is 2.26. The minimum atomic E-state index is -3.33. The van der Waals surface area contributed by atoms with Gasteiger partial charge in [0.05, 0.1) is 16.6 Å². The number of nitrogens with zero attached hydrogens (tertiary/aromatic N) is 2. The van der Waals surface area contributed by atoms with Gasteiger partial charge in [-0.15, -0.1) is 11.3 Å². The van der Waals surface area contributed by atoms with Crippen molar-refractivity contribution in [1.29, 1.82) is 0 Å². The molecule has 29 heavy (non-hydrogen) atoms. The monoisotopic (exact) mass is 432 g/mol. The van der Waals surface area contributed by atoms with Crippen LogP contribution < -0.4 is 11.1 Å². The zero-order valence-corrected chi connectivity index (χ0v) is 17.4. The molecular formula is C19H20N4O4S2. The van der Waals surface area contributed by atoms with Gasteiger partial charge in [-0.25, -0.2) is 13.4 Å². The van der Waals surface area contributed by atoms with Gasteiger partial charge in [0, 0.05) is 11.1 Å². The molecule has 0 spiro atoms. The number of rotatable bonds is 6. The smallest absolute Gasteiger partial charge is 0.251 e. The van der Waals surface area contributed by atoms with Crippen LogP contribution >= 0.6 is 11.3 Å². The first-order chi connectivity index (χ1) is 13.7. The lowest BCUT2D eigenvalue weighted by molar-refractivity contribution is -0.116. The van der Waals surface area contributed by atoms with Crippen molar-refractivity contribution in [3.63, 3.8) is 0 Å². The molecule has 0 saturated carbocycles. The van der Waals surface area contributed by atoms with E-state index in [1.54, 1.807) is 28.8 Å². The number of hydrogen-bond donors (Lipinski definition) is 2. The summed E-state index contributed by atoms with van der Waals surface area (Å²) in [5, 5.41) is 3.25. The Balaban J connectivity index is 1.65. The van der Waals surface area contributed by atoms with E-state index in [0.717, 1.165) is 36.0 Å². The van der Waals surface area contributed by atoms with Crippen LogP contribution in [0.1, 0.15) is 33.0 Å². The molecule has 3 aromatic rings. The normalized spacial score (nSPS) is 13.6. The maximum atomic E-state index is 12.8. The van der Waals surface area contributed by atoms with Gasteiger partial charge >= 0.3 is 0 Å². The van der Waals surface area contributed by atoms with Gasteiger partial charge in [0.2, 0.25) is 5.91 Å². The second-order valence-electron chi connectivity index (χ2n) is 7.15. The summed E-state index contributed by atoms with van der Waals surface area (Å²) in [6.45, 7) is -0.119. The first kappa shape index (κ1) is 19.6. The van der Waals surface area contributed by atoms with Gasteiger partial charge in [-0.1, -0.05) is 12.1 Å². The molecule has 0 radical (unpaired) electrons. The van der Waals surface area contributed by atoms with Gasteiger partial charge in [-0.3, -0.25) is 9.59 Å². The summed E-state index contributed by atoms with van der Waals surface area (Å²) >= 11 is 1.38. The summed E-state index contributed by atoms with van der Waals surface area (Å²) in [4.78, 5) is 30.2. The SMILES string of the molecule is CS(=O)(=O)Cc1nc2ccccc2n1CC(=O)Nc1sc2c(c1C(N)=O)CCC2. The zero-order valence-electron chi connectivity index (χ0n) is 15.8. The lowest BCUT2D eigenvalue weighted by Crippen LogP contribution is -2.22. The number of thiophene rings is 1. The fourth-order valence-corrected chi connectivity index (χ4v) is 5.71. The summed E-state index contributed by atoms with van der Waals surface area (Å²) in [6, 6.07) is 7.16. The highest BCUT2D eigenvalue weighted by molar-refractivity contribution is 7.89. The number of amides is 2. The van der Waals surface area contributed by atoms with Crippen molar-refractivity contribution in [2.24, 2.45) is 5.73 Å². The van der Waals surface area contributed by atoms with E-state index < -0.39 is 15.7 Å². The van der Waals surface area contributed by atoms with Crippen molar-refractivity contribution in [2.75, 3.05) is 11.6 Å². The molecule has 10 heteroatoms.